The SMILES string of the molecule is CC(NC(=O)N(C)C)c1ccco1. The highest BCUT2D eigenvalue weighted by atomic mass is 16.3. The van der Waals surface area contributed by atoms with Crippen LogP contribution in [0, 0.1) is 0 Å². The Labute approximate surface area is 77.5 Å². The maximum Gasteiger partial charge on any atom is 0.317 e. The summed E-state index contributed by atoms with van der Waals surface area (Å²) in [5, 5.41) is 2.77. The van der Waals surface area contributed by atoms with Gasteiger partial charge >= 0.3 is 6.03 Å². The number of hydrogen-bond donors (Lipinski definition) is 1. The highest BCUT2D eigenvalue weighted by Gasteiger charge is 2.12. The fraction of sp³-hybridized carbons (Fsp3) is 0.444. The summed E-state index contributed by atoms with van der Waals surface area (Å²) in [6.07, 6.45) is 1.59. The van der Waals surface area contributed by atoms with Gasteiger partial charge < -0.3 is 14.6 Å². The summed E-state index contributed by atoms with van der Waals surface area (Å²) in [4.78, 5) is 12.7. The molecule has 1 N–H and O–H groups in total. The molecule has 1 aromatic heterocycles. The number of carbonyl (C=O) groups is 1. The second kappa shape index (κ2) is 3.98. The summed E-state index contributed by atoms with van der Waals surface area (Å²) in [5.74, 6) is 0.759. The van der Waals surface area contributed by atoms with Gasteiger partial charge in [-0.3, -0.25) is 0 Å². The maximum absolute atomic E-state index is 11.2. The van der Waals surface area contributed by atoms with E-state index in [0.717, 1.165) is 5.76 Å². The molecule has 0 spiro atoms. The van der Waals surface area contributed by atoms with E-state index in [1.54, 1.807) is 26.4 Å². The van der Waals surface area contributed by atoms with Crippen LogP contribution in [0.4, 0.5) is 4.79 Å². The van der Waals surface area contributed by atoms with Gasteiger partial charge in [-0.15, -0.1) is 0 Å². The Balaban J connectivity index is 2.51. The van der Waals surface area contributed by atoms with Crippen molar-refractivity contribution in [3.05, 3.63) is 24.2 Å². The van der Waals surface area contributed by atoms with E-state index in [2.05, 4.69) is 5.32 Å². The van der Waals surface area contributed by atoms with Crippen molar-refractivity contribution in [2.24, 2.45) is 0 Å². The van der Waals surface area contributed by atoms with E-state index >= 15 is 0 Å². The maximum atomic E-state index is 11.2. The van der Waals surface area contributed by atoms with Crippen LogP contribution in [-0.2, 0) is 0 Å². The summed E-state index contributed by atoms with van der Waals surface area (Å²) >= 11 is 0. The van der Waals surface area contributed by atoms with Crippen LogP contribution in [-0.4, -0.2) is 25.0 Å². The molecule has 0 aliphatic carbocycles. The van der Waals surface area contributed by atoms with Crippen LogP contribution in [0.25, 0.3) is 0 Å². The van der Waals surface area contributed by atoms with Crippen molar-refractivity contribution in [1.82, 2.24) is 10.2 Å². The summed E-state index contributed by atoms with van der Waals surface area (Å²) in [6.45, 7) is 1.88. The van der Waals surface area contributed by atoms with Gasteiger partial charge in [0.05, 0.1) is 12.3 Å². The summed E-state index contributed by atoms with van der Waals surface area (Å²) in [6, 6.07) is 3.42. The molecule has 1 heterocycles. The molecule has 0 saturated heterocycles. The largest absolute Gasteiger partial charge is 0.467 e. The molecule has 0 fully saturated rings. The van der Waals surface area contributed by atoms with Crippen LogP contribution in [0.2, 0.25) is 0 Å². The van der Waals surface area contributed by atoms with Crippen molar-refractivity contribution < 1.29 is 9.21 Å². The molecule has 0 aliphatic heterocycles. The zero-order chi connectivity index (χ0) is 9.84. The number of rotatable bonds is 2. The van der Waals surface area contributed by atoms with Crippen molar-refractivity contribution in [1.29, 1.82) is 0 Å². The number of nitrogens with zero attached hydrogens (tertiary/aromatic N) is 1. The van der Waals surface area contributed by atoms with Crippen molar-refractivity contribution in [2.75, 3.05) is 14.1 Å². The highest BCUT2D eigenvalue weighted by molar-refractivity contribution is 5.73. The quantitative estimate of drug-likeness (QED) is 0.755. The van der Waals surface area contributed by atoms with Crippen molar-refractivity contribution in [2.45, 2.75) is 13.0 Å². The lowest BCUT2D eigenvalue weighted by molar-refractivity contribution is 0.212. The number of furan rings is 1. The number of urea groups is 1. The minimum Gasteiger partial charge on any atom is -0.467 e. The van der Waals surface area contributed by atoms with Gasteiger partial charge in [-0.2, -0.15) is 0 Å². The van der Waals surface area contributed by atoms with Crippen molar-refractivity contribution in [3.8, 4) is 0 Å². The Morgan fingerprint density at radius 1 is 1.62 bits per heavy atom. The number of amides is 2. The lowest BCUT2D eigenvalue weighted by Crippen LogP contribution is -2.35. The molecule has 0 aliphatic rings. The third kappa shape index (κ3) is 2.50. The molecule has 13 heavy (non-hydrogen) atoms. The van der Waals surface area contributed by atoms with E-state index in [9.17, 15) is 4.79 Å². The lowest BCUT2D eigenvalue weighted by atomic mass is 10.2. The van der Waals surface area contributed by atoms with Gasteiger partial charge in [0.2, 0.25) is 0 Å². The number of hydrogen-bond acceptors (Lipinski definition) is 2. The van der Waals surface area contributed by atoms with Gasteiger partial charge in [-0.25, -0.2) is 4.79 Å². The third-order valence-corrected chi connectivity index (χ3v) is 1.72. The van der Waals surface area contributed by atoms with Gasteiger partial charge in [-0.1, -0.05) is 0 Å². The molecular formula is C9H14N2O2. The normalized spacial score (nSPS) is 12.2. The number of carbonyl (C=O) groups excluding carboxylic acids is 1. The molecule has 4 nitrogen and oxygen atoms in total. The Kier molecular flexibility index (Phi) is 2.95. The first-order valence-electron chi connectivity index (χ1n) is 4.12. The number of nitrogens with one attached hydrogen (secondary N) is 1. The lowest BCUT2D eigenvalue weighted by Gasteiger charge is -2.15. The van der Waals surface area contributed by atoms with Crippen molar-refractivity contribution in [3.63, 3.8) is 0 Å². The minimum atomic E-state index is -0.121. The van der Waals surface area contributed by atoms with Crippen LogP contribution < -0.4 is 5.32 Å². The van der Waals surface area contributed by atoms with E-state index in [4.69, 9.17) is 4.42 Å². The molecular weight excluding hydrogens is 168 g/mol. The molecule has 1 rings (SSSR count). The Bertz CT molecular complexity index is 267. The van der Waals surface area contributed by atoms with E-state index in [1.807, 2.05) is 13.0 Å². The predicted molar refractivity (Wildman–Crippen MR) is 49.3 cm³/mol. The van der Waals surface area contributed by atoms with Crippen LogP contribution in [0.5, 0.6) is 0 Å². The van der Waals surface area contributed by atoms with Crippen LogP contribution in [0.15, 0.2) is 22.8 Å². The van der Waals surface area contributed by atoms with Crippen LogP contribution in [0.3, 0.4) is 0 Å². The smallest absolute Gasteiger partial charge is 0.317 e. The molecule has 0 bridgehead atoms. The molecule has 4 heteroatoms. The first-order chi connectivity index (χ1) is 6.11. The summed E-state index contributed by atoms with van der Waals surface area (Å²) in [7, 11) is 3.40. The second-order valence-corrected chi connectivity index (χ2v) is 3.08. The predicted octanol–water partition coefficient (Wildman–Crippen LogP) is 1.61. The van der Waals surface area contributed by atoms with E-state index in [0.29, 0.717) is 0 Å². The molecule has 0 aromatic carbocycles. The van der Waals surface area contributed by atoms with Gasteiger partial charge in [0.1, 0.15) is 5.76 Å². The molecule has 1 unspecified atom stereocenters. The average molecular weight is 182 g/mol. The monoisotopic (exact) mass is 182 g/mol. The fourth-order valence-electron chi connectivity index (χ4n) is 0.923. The minimum absolute atomic E-state index is 0.0927. The zero-order valence-electron chi connectivity index (χ0n) is 8.07. The topological polar surface area (TPSA) is 45.5 Å². The Morgan fingerprint density at radius 2 is 2.31 bits per heavy atom. The Hall–Kier alpha value is -1.45. The van der Waals surface area contributed by atoms with Gasteiger partial charge in [0.25, 0.3) is 0 Å². The van der Waals surface area contributed by atoms with Gasteiger partial charge in [-0.05, 0) is 19.1 Å². The Morgan fingerprint density at radius 3 is 2.77 bits per heavy atom. The molecule has 2 amide bonds. The standard InChI is InChI=1S/C9H14N2O2/c1-7(8-5-4-6-13-8)10-9(12)11(2)3/h4-7H,1-3H3,(H,10,12). The second-order valence-electron chi connectivity index (χ2n) is 3.08. The summed E-state index contributed by atoms with van der Waals surface area (Å²) in [5.41, 5.74) is 0. The van der Waals surface area contributed by atoms with Crippen LogP contribution in [0.1, 0.15) is 18.7 Å². The first-order valence-corrected chi connectivity index (χ1v) is 4.12. The van der Waals surface area contributed by atoms with Gasteiger partial charge in [0.15, 0.2) is 0 Å². The molecule has 0 radical (unpaired) electrons. The highest BCUT2D eigenvalue weighted by Crippen LogP contribution is 2.11. The summed E-state index contributed by atoms with van der Waals surface area (Å²) < 4.78 is 5.14. The molecule has 1 aromatic rings. The molecule has 72 valence electrons. The molecule has 1 atom stereocenters. The van der Waals surface area contributed by atoms with E-state index < -0.39 is 0 Å². The van der Waals surface area contributed by atoms with Gasteiger partial charge in [0, 0.05) is 14.1 Å². The third-order valence-electron chi connectivity index (χ3n) is 1.72. The van der Waals surface area contributed by atoms with E-state index in [-0.39, 0.29) is 12.1 Å². The zero-order valence-corrected chi connectivity index (χ0v) is 8.07. The van der Waals surface area contributed by atoms with Crippen molar-refractivity contribution >= 4 is 6.03 Å². The van der Waals surface area contributed by atoms with Crippen LogP contribution >= 0.6 is 0 Å². The molecule has 0 saturated carbocycles. The van der Waals surface area contributed by atoms with E-state index in [1.165, 1.54) is 4.90 Å². The average Bonchev–Trinajstić information content (AvgIpc) is 2.55. The first kappa shape index (κ1) is 9.64. The fourth-order valence-corrected chi connectivity index (χ4v) is 0.923.